The van der Waals surface area contributed by atoms with Crippen LogP contribution in [0.15, 0.2) is 91.0 Å². The minimum Gasteiger partial charge on any atom is -0.407 e. The van der Waals surface area contributed by atoms with Gasteiger partial charge in [0.2, 0.25) is 5.88 Å². The zero-order valence-corrected chi connectivity index (χ0v) is 15.7. The Morgan fingerprint density at radius 1 is 0.897 bits per heavy atom. The summed E-state index contributed by atoms with van der Waals surface area (Å²) in [5, 5.41) is 4.57. The molecule has 0 fully saturated rings. The van der Waals surface area contributed by atoms with Gasteiger partial charge in [0.15, 0.2) is 0 Å². The highest BCUT2D eigenvalue weighted by Crippen LogP contribution is 2.26. The molecule has 0 amide bonds. The van der Waals surface area contributed by atoms with Gasteiger partial charge in [0.1, 0.15) is 5.82 Å². The number of aryl methyl sites for hydroxylation is 1. The molecule has 0 N–H and O–H groups in total. The van der Waals surface area contributed by atoms with E-state index in [1.807, 2.05) is 60.7 Å². The van der Waals surface area contributed by atoms with Crippen molar-refractivity contribution in [2.45, 2.75) is 12.8 Å². The minimum absolute atomic E-state index is 0.249. The molecule has 4 nitrogen and oxygen atoms in total. The molecule has 5 heteroatoms. The molecule has 0 aliphatic carbocycles. The predicted octanol–water partition coefficient (Wildman–Crippen LogP) is 5.22. The van der Waals surface area contributed by atoms with Crippen LogP contribution in [0.3, 0.4) is 0 Å². The Kier molecular flexibility index (Phi) is 5.47. The van der Waals surface area contributed by atoms with Crippen molar-refractivity contribution in [2.24, 2.45) is 0 Å². The van der Waals surface area contributed by atoms with Crippen molar-refractivity contribution < 1.29 is 13.9 Å². The van der Waals surface area contributed by atoms with Crippen LogP contribution in [0.1, 0.15) is 12.0 Å². The maximum Gasteiger partial charge on any atom is 0.312 e. The van der Waals surface area contributed by atoms with Crippen molar-refractivity contribution in [1.82, 2.24) is 9.78 Å². The van der Waals surface area contributed by atoms with Crippen LogP contribution in [0.4, 0.5) is 4.39 Å². The molecule has 0 aliphatic heterocycles. The summed E-state index contributed by atoms with van der Waals surface area (Å²) in [6.45, 7) is 0. The number of hydrogen-bond donors (Lipinski definition) is 0. The minimum atomic E-state index is -0.350. The number of carbonyl (C=O) groups is 1. The van der Waals surface area contributed by atoms with Crippen molar-refractivity contribution in [3.8, 4) is 22.8 Å². The molecule has 1 aromatic heterocycles. The molecule has 0 saturated heterocycles. The number of aromatic nitrogens is 2. The predicted molar refractivity (Wildman–Crippen MR) is 109 cm³/mol. The van der Waals surface area contributed by atoms with E-state index < -0.39 is 0 Å². The third-order valence-corrected chi connectivity index (χ3v) is 4.50. The van der Waals surface area contributed by atoms with Gasteiger partial charge < -0.3 is 4.74 Å². The highest BCUT2D eigenvalue weighted by Gasteiger charge is 2.16. The fourth-order valence-corrected chi connectivity index (χ4v) is 3.01. The van der Waals surface area contributed by atoms with E-state index in [1.165, 1.54) is 16.8 Å². The Morgan fingerprint density at radius 2 is 1.55 bits per heavy atom. The fourth-order valence-electron chi connectivity index (χ4n) is 3.01. The third kappa shape index (κ3) is 4.58. The summed E-state index contributed by atoms with van der Waals surface area (Å²) < 4.78 is 20.5. The standard InChI is InChI=1S/C24H19FN2O2/c25-20-12-14-21(15-13-20)27-23(17-22(26-27)19-9-5-2-6-10-19)29-24(28)16-11-18-7-3-1-4-8-18/h1-10,12-15,17H,11,16H2. The summed E-state index contributed by atoms with van der Waals surface area (Å²) in [6, 6.07) is 27.0. The van der Waals surface area contributed by atoms with Crippen LogP contribution in [0.25, 0.3) is 16.9 Å². The second-order valence-corrected chi connectivity index (χ2v) is 6.58. The lowest BCUT2D eigenvalue weighted by Crippen LogP contribution is -2.12. The molecule has 1 heterocycles. The zero-order chi connectivity index (χ0) is 20.1. The van der Waals surface area contributed by atoms with Crippen LogP contribution in [-0.2, 0) is 11.2 Å². The van der Waals surface area contributed by atoms with Crippen molar-refractivity contribution in [3.63, 3.8) is 0 Å². The number of hydrogen-bond acceptors (Lipinski definition) is 3. The Morgan fingerprint density at radius 3 is 2.24 bits per heavy atom. The van der Waals surface area contributed by atoms with Gasteiger partial charge in [-0.1, -0.05) is 60.7 Å². The van der Waals surface area contributed by atoms with Gasteiger partial charge in [-0.15, -0.1) is 0 Å². The van der Waals surface area contributed by atoms with Crippen molar-refractivity contribution in [3.05, 3.63) is 102 Å². The van der Waals surface area contributed by atoms with Gasteiger partial charge in [-0.2, -0.15) is 5.10 Å². The van der Waals surface area contributed by atoms with Gasteiger partial charge in [-0.3, -0.25) is 4.79 Å². The molecule has 0 aliphatic rings. The summed E-state index contributed by atoms with van der Waals surface area (Å²) in [5.41, 5.74) is 3.25. The fraction of sp³-hybridized carbons (Fsp3) is 0.0833. The molecule has 144 valence electrons. The Bertz CT molecular complexity index is 1090. The van der Waals surface area contributed by atoms with E-state index in [0.29, 0.717) is 23.7 Å². The first-order chi connectivity index (χ1) is 14.2. The number of nitrogens with zero attached hydrogens (tertiary/aromatic N) is 2. The molecule has 4 aromatic rings. The number of ether oxygens (including phenoxy) is 1. The Hall–Kier alpha value is -3.73. The normalized spacial score (nSPS) is 10.7. The summed E-state index contributed by atoms with van der Waals surface area (Å²) in [6.07, 6.45) is 0.842. The van der Waals surface area contributed by atoms with Crippen LogP contribution in [0.5, 0.6) is 5.88 Å². The van der Waals surface area contributed by atoms with Crippen LogP contribution in [0, 0.1) is 5.82 Å². The molecular weight excluding hydrogens is 367 g/mol. The van der Waals surface area contributed by atoms with Crippen LogP contribution in [0.2, 0.25) is 0 Å². The molecule has 0 saturated carbocycles. The lowest BCUT2D eigenvalue weighted by Gasteiger charge is -2.08. The summed E-state index contributed by atoms with van der Waals surface area (Å²) in [7, 11) is 0. The lowest BCUT2D eigenvalue weighted by atomic mass is 10.1. The summed E-state index contributed by atoms with van der Waals surface area (Å²) in [4.78, 5) is 12.4. The van der Waals surface area contributed by atoms with Crippen molar-refractivity contribution in [2.75, 3.05) is 0 Å². The maximum atomic E-state index is 13.3. The number of benzene rings is 3. The Labute approximate surface area is 168 Å². The molecule has 29 heavy (non-hydrogen) atoms. The van der Waals surface area contributed by atoms with Crippen molar-refractivity contribution >= 4 is 5.97 Å². The molecule has 4 rings (SSSR count). The highest BCUT2D eigenvalue weighted by atomic mass is 19.1. The van der Waals surface area contributed by atoms with E-state index in [9.17, 15) is 9.18 Å². The van der Waals surface area contributed by atoms with Crippen LogP contribution in [-0.4, -0.2) is 15.7 Å². The molecule has 0 bridgehead atoms. The molecule has 0 atom stereocenters. The highest BCUT2D eigenvalue weighted by molar-refractivity contribution is 5.73. The average molecular weight is 386 g/mol. The first kappa shape index (κ1) is 18.6. The van der Waals surface area contributed by atoms with Crippen molar-refractivity contribution in [1.29, 1.82) is 0 Å². The topological polar surface area (TPSA) is 44.1 Å². The molecular formula is C24H19FN2O2. The van der Waals surface area contributed by atoms with Gasteiger partial charge in [0, 0.05) is 11.6 Å². The number of halogens is 1. The maximum absolute atomic E-state index is 13.3. The lowest BCUT2D eigenvalue weighted by molar-refractivity contribution is -0.134. The smallest absolute Gasteiger partial charge is 0.312 e. The van der Waals surface area contributed by atoms with Crippen LogP contribution >= 0.6 is 0 Å². The number of carbonyl (C=O) groups excluding carboxylic acids is 1. The van der Waals surface area contributed by atoms with E-state index in [1.54, 1.807) is 18.2 Å². The second kappa shape index (κ2) is 8.52. The SMILES string of the molecule is O=C(CCc1ccccc1)Oc1cc(-c2ccccc2)nn1-c1ccc(F)cc1. The average Bonchev–Trinajstić information content (AvgIpc) is 3.18. The molecule has 3 aromatic carbocycles. The first-order valence-corrected chi connectivity index (χ1v) is 9.35. The molecule has 0 radical (unpaired) electrons. The monoisotopic (exact) mass is 386 g/mol. The molecule has 0 spiro atoms. The van der Waals surface area contributed by atoms with Gasteiger partial charge in [0.25, 0.3) is 0 Å². The zero-order valence-electron chi connectivity index (χ0n) is 15.7. The third-order valence-electron chi connectivity index (χ3n) is 4.50. The quantitative estimate of drug-likeness (QED) is 0.427. The number of rotatable bonds is 6. The van der Waals surface area contributed by atoms with E-state index in [4.69, 9.17) is 4.74 Å². The first-order valence-electron chi connectivity index (χ1n) is 9.35. The molecule has 0 unspecified atom stereocenters. The van der Waals surface area contributed by atoms with Gasteiger partial charge in [0.05, 0.1) is 17.8 Å². The van der Waals surface area contributed by atoms with E-state index in [2.05, 4.69) is 5.10 Å². The second-order valence-electron chi connectivity index (χ2n) is 6.58. The van der Waals surface area contributed by atoms with E-state index in [0.717, 1.165) is 11.1 Å². The number of esters is 1. The largest absolute Gasteiger partial charge is 0.407 e. The van der Waals surface area contributed by atoms with Crippen LogP contribution < -0.4 is 4.74 Å². The Balaban J connectivity index is 1.59. The van der Waals surface area contributed by atoms with Gasteiger partial charge >= 0.3 is 5.97 Å². The van der Waals surface area contributed by atoms with Gasteiger partial charge in [-0.05, 0) is 36.2 Å². The van der Waals surface area contributed by atoms with Gasteiger partial charge in [-0.25, -0.2) is 9.07 Å². The van der Waals surface area contributed by atoms with E-state index in [-0.39, 0.29) is 18.2 Å². The summed E-state index contributed by atoms with van der Waals surface area (Å²) >= 11 is 0. The summed E-state index contributed by atoms with van der Waals surface area (Å²) in [5.74, 6) is -0.393. The van der Waals surface area contributed by atoms with E-state index >= 15 is 0 Å².